The topological polar surface area (TPSA) is 85.5 Å². The molecule has 0 saturated carbocycles. The molecular weight excluding hydrogens is 358 g/mol. The van der Waals surface area contributed by atoms with Crippen LogP contribution in [0.1, 0.15) is 23.5 Å². The number of ether oxygens (including phenoxy) is 3. The molecule has 1 amide bonds. The fraction of sp³-hybridized carbons (Fsp3) is 0.238. The number of aromatic nitrogens is 2. The van der Waals surface area contributed by atoms with Crippen LogP contribution in [0.5, 0.6) is 17.2 Å². The summed E-state index contributed by atoms with van der Waals surface area (Å²) >= 11 is 0. The smallest absolute Gasteiger partial charge is 0.226 e. The molecule has 7 heteroatoms. The molecule has 1 aliphatic heterocycles. The van der Waals surface area contributed by atoms with Gasteiger partial charge in [0.2, 0.25) is 11.7 Å². The number of fused-ring (bicyclic) bond motifs is 1. The van der Waals surface area contributed by atoms with Crippen LogP contribution in [0.15, 0.2) is 42.5 Å². The van der Waals surface area contributed by atoms with Gasteiger partial charge in [0.25, 0.3) is 0 Å². The Morgan fingerprint density at radius 1 is 1.00 bits per heavy atom. The molecule has 3 aromatic rings. The standard InChI is InChI=1S/C21H21N3O4/c1-26-15-9-13(10-16(27-2)20(15)28-3)14-11-17(25)22-21-18(14)19(23-24-21)12-7-5-4-6-8-12/h4-10,14H,11H2,1-3H3,(H2,22,23,24,25)/t14-/m1/s1. The lowest BCUT2D eigenvalue weighted by Crippen LogP contribution is -2.23. The zero-order valence-corrected chi connectivity index (χ0v) is 15.9. The Balaban J connectivity index is 1.89. The van der Waals surface area contributed by atoms with Gasteiger partial charge < -0.3 is 19.5 Å². The minimum atomic E-state index is -0.202. The van der Waals surface area contributed by atoms with Crippen LogP contribution in [0, 0.1) is 0 Å². The van der Waals surface area contributed by atoms with Crippen LogP contribution in [0.25, 0.3) is 11.3 Å². The Morgan fingerprint density at radius 3 is 2.29 bits per heavy atom. The second-order valence-corrected chi connectivity index (χ2v) is 6.49. The summed E-state index contributed by atoms with van der Waals surface area (Å²) in [7, 11) is 4.72. The van der Waals surface area contributed by atoms with Gasteiger partial charge in [0.15, 0.2) is 17.3 Å². The van der Waals surface area contributed by atoms with E-state index in [4.69, 9.17) is 14.2 Å². The summed E-state index contributed by atoms with van der Waals surface area (Å²) in [5, 5.41) is 10.3. The second-order valence-electron chi connectivity index (χ2n) is 6.49. The third kappa shape index (κ3) is 2.94. The highest BCUT2D eigenvalue weighted by Crippen LogP contribution is 2.46. The summed E-state index contributed by atoms with van der Waals surface area (Å²) in [5.74, 6) is 1.88. The molecule has 144 valence electrons. The number of methoxy groups -OCH3 is 3. The summed E-state index contributed by atoms with van der Waals surface area (Å²) in [6.07, 6.45) is 0.297. The Bertz CT molecular complexity index is 989. The van der Waals surface area contributed by atoms with Gasteiger partial charge in [-0.2, -0.15) is 5.10 Å². The van der Waals surface area contributed by atoms with Crippen LogP contribution < -0.4 is 19.5 Å². The number of H-pyrrole nitrogens is 1. The molecule has 4 rings (SSSR count). The lowest BCUT2D eigenvalue weighted by molar-refractivity contribution is -0.116. The quantitative estimate of drug-likeness (QED) is 0.708. The van der Waals surface area contributed by atoms with Crippen LogP contribution in [-0.2, 0) is 4.79 Å². The van der Waals surface area contributed by atoms with Crippen molar-refractivity contribution in [2.75, 3.05) is 26.6 Å². The van der Waals surface area contributed by atoms with Gasteiger partial charge in [-0.25, -0.2) is 0 Å². The number of hydrogen-bond acceptors (Lipinski definition) is 5. The fourth-order valence-electron chi connectivity index (χ4n) is 3.67. The van der Waals surface area contributed by atoms with Crippen molar-refractivity contribution in [1.82, 2.24) is 10.2 Å². The number of carbonyl (C=O) groups is 1. The molecule has 2 heterocycles. The second kappa shape index (κ2) is 7.26. The summed E-state index contributed by atoms with van der Waals surface area (Å²) in [6.45, 7) is 0. The maximum absolute atomic E-state index is 12.3. The average molecular weight is 379 g/mol. The van der Waals surface area contributed by atoms with E-state index in [1.165, 1.54) is 0 Å². The first kappa shape index (κ1) is 17.9. The van der Waals surface area contributed by atoms with E-state index >= 15 is 0 Å². The SMILES string of the molecule is COc1cc([C@H]2CC(=O)Nc3n[nH]c(-c4ccccc4)c32)cc(OC)c1OC. The molecule has 2 N–H and O–H groups in total. The van der Waals surface area contributed by atoms with E-state index in [0.717, 1.165) is 22.4 Å². The van der Waals surface area contributed by atoms with Gasteiger partial charge in [-0.3, -0.25) is 9.89 Å². The molecule has 0 bridgehead atoms. The third-order valence-corrected chi connectivity index (χ3v) is 4.95. The highest BCUT2D eigenvalue weighted by atomic mass is 16.5. The Hall–Kier alpha value is -3.48. The fourth-order valence-corrected chi connectivity index (χ4v) is 3.67. The molecule has 0 radical (unpaired) electrons. The van der Waals surface area contributed by atoms with E-state index in [-0.39, 0.29) is 11.8 Å². The lowest BCUT2D eigenvalue weighted by Gasteiger charge is -2.25. The number of amides is 1. The van der Waals surface area contributed by atoms with Crippen molar-refractivity contribution in [3.8, 4) is 28.5 Å². The van der Waals surface area contributed by atoms with Crippen molar-refractivity contribution in [2.45, 2.75) is 12.3 Å². The van der Waals surface area contributed by atoms with Gasteiger partial charge in [-0.1, -0.05) is 30.3 Å². The summed E-state index contributed by atoms with van der Waals surface area (Å²) in [4.78, 5) is 12.3. The van der Waals surface area contributed by atoms with E-state index in [1.807, 2.05) is 42.5 Å². The first-order valence-corrected chi connectivity index (χ1v) is 8.89. The first-order chi connectivity index (χ1) is 13.7. The minimum Gasteiger partial charge on any atom is -0.493 e. The zero-order valence-electron chi connectivity index (χ0n) is 15.9. The number of benzene rings is 2. The molecule has 0 saturated heterocycles. The van der Waals surface area contributed by atoms with Crippen LogP contribution >= 0.6 is 0 Å². The monoisotopic (exact) mass is 379 g/mol. The zero-order chi connectivity index (χ0) is 19.7. The Labute approximate surface area is 162 Å². The molecule has 1 aliphatic rings. The van der Waals surface area contributed by atoms with E-state index < -0.39 is 0 Å². The van der Waals surface area contributed by atoms with Gasteiger partial charge >= 0.3 is 0 Å². The van der Waals surface area contributed by atoms with Gasteiger partial charge in [0.1, 0.15) is 0 Å². The van der Waals surface area contributed by atoms with Crippen molar-refractivity contribution in [1.29, 1.82) is 0 Å². The molecule has 28 heavy (non-hydrogen) atoms. The summed E-state index contributed by atoms with van der Waals surface area (Å²) < 4.78 is 16.4. The van der Waals surface area contributed by atoms with Crippen LogP contribution in [0.2, 0.25) is 0 Å². The third-order valence-electron chi connectivity index (χ3n) is 4.95. The van der Waals surface area contributed by atoms with E-state index in [9.17, 15) is 4.79 Å². The molecular formula is C21H21N3O4. The molecule has 0 aliphatic carbocycles. The predicted octanol–water partition coefficient (Wildman–Crippen LogP) is 3.58. The van der Waals surface area contributed by atoms with E-state index in [1.54, 1.807) is 21.3 Å². The van der Waals surface area contributed by atoms with Crippen molar-refractivity contribution in [3.63, 3.8) is 0 Å². The number of carbonyl (C=O) groups excluding carboxylic acids is 1. The largest absolute Gasteiger partial charge is 0.493 e. The van der Waals surface area contributed by atoms with Crippen molar-refractivity contribution in [3.05, 3.63) is 53.6 Å². The average Bonchev–Trinajstić information content (AvgIpc) is 3.16. The van der Waals surface area contributed by atoms with Gasteiger partial charge in [0.05, 0.1) is 27.0 Å². The highest BCUT2D eigenvalue weighted by molar-refractivity contribution is 5.96. The Kier molecular flexibility index (Phi) is 4.65. The number of aromatic amines is 1. The summed E-state index contributed by atoms with van der Waals surface area (Å²) in [5.41, 5.74) is 3.73. The van der Waals surface area contributed by atoms with E-state index in [0.29, 0.717) is 29.5 Å². The van der Waals surface area contributed by atoms with Crippen molar-refractivity contribution in [2.24, 2.45) is 0 Å². The molecule has 7 nitrogen and oxygen atoms in total. The van der Waals surface area contributed by atoms with Gasteiger partial charge in [0, 0.05) is 17.9 Å². The summed E-state index contributed by atoms with van der Waals surface area (Å²) in [6, 6.07) is 13.7. The predicted molar refractivity (Wildman–Crippen MR) is 105 cm³/mol. The maximum Gasteiger partial charge on any atom is 0.226 e. The highest BCUT2D eigenvalue weighted by Gasteiger charge is 2.33. The molecule has 0 fully saturated rings. The van der Waals surface area contributed by atoms with Gasteiger partial charge in [-0.05, 0) is 23.3 Å². The van der Waals surface area contributed by atoms with Crippen LogP contribution in [0.3, 0.4) is 0 Å². The van der Waals surface area contributed by atoms with Gasteiger partial charge in [-0.15, -0.1) is 0 Å². The molecule has 0 spiro atoms. The first-order valence-electron chi connectivity index (χ1n) is 8.89. The Morgan fingerprint density at radius 2 is 1.68 bits per heavy atom. The number of nitrogens with one attached hydrogen (secondary N) is 2. The lowest BCUT2D eigenvalue weighted by atomic mass is 9.84. The number of hydrogen-bond donors (Lipinski definition) is 2. The minimum absolute atomic E-state index is 0.0858. The normalized spacial score (nSPS) is 15.5. The van der Waals surface area contributed by atoms with E-state index in [2.05, 4.69) is 15.5 Å². The number of rotatable bonds is 5. The number of anilines is 1. The molecule has 1 atom stereocenters. The van der Waals surface area contributed by atoms with Crippen LogP contribution in [-0.4, -0.2) is 37.4 Å². The number of nitrogens with zero attached hydrogens (tertiary/aromatic N) is 1. The van der Waals surface area contributed by atoms with Crippen molar-refractivity contribution >= 4 is 11.7 Å². The molecule has 1 aromatic heterocycles. The van der Waals surface area contributed by atoms with Crippen molar-refractivity contribution < 1.29 is 19.0 Å². The maximum atomic E-state index is 12.3. The molecule has 2 aromatic carbocycles. The van der Waals surface area contributed by atoms with Crippen LogP contribution in [0.4, 0.5) is 5.82 Å². The molecule has 0 unspecified atom stereocenters.